The van der Waals surface area contributed by atoms with Gasteiger partial charge in [0, 0.05) is 5.56 Å². The van der Waals surface area contributed by atoms with Gasteiger partial charge in [0.25, 0.3) is 0 Å². The highest BCUT2D eigenvalue weighted by Crippen LogP contribution is 2.40. The topological polar surface area (TPSA) is 38.7 Å². The molecule has 1 aliphatic rings. The van der Waals surface area contributed by atoms with Gasteiger partial charge in [0.05, 0.1) is 19.8 Å². The van der Waals surface area contributed by atoms with Gasteiger partial charge in [-0.05, 0) is 36.5 Å². The monoisotopic (exact) mass is 284 g/mol. The van der Waals surface area contributed by atoms with Gasteiger partial charge in [0.1, 0.15) is 11.5 Å². The number of hydrogen-bond acceptors (Lipinski definition) is 3. The van der Waals surface area contributed by atoms with Crippen LogP contribution in [-0.2, 0) is 0 Å². The fourth-order valence-electron chi connectivity index (χ4n) is 3.00. The number of hydrogen-bond donors (Lipinski definition) is 1. The minimum Gasteiger partial charge on any atom is -0.496 e. The van der Waals surface area contributed by atoms with E-state index in [-0.39, 0.29) is 0 Å². The molecule has 3 heteroatoms. The first-order chi connectivity index (χ1) is 10.3. The SMILES string of the molecule is COc1ccccc1C(O)CC1CCOc2ccccc21. The van der Waals surface area contributed by atoms with Crippen molar-refractivity contribution in [3.63, 3.8) is 0 Å². The molecule has 0 spiro atoms. The lowest BCUT2D eigenvalue weighted by atomic mass is 9.86. The minimum absolute atomic E-state index is 0.315. The Morgan fingerprint density at radius 2 is 1.95 bits per heavy atom. The molecule has 0 amide bonds. The summed E-state index contributed by atoms with van der Waals surface area (Å²) in [5, 5.41) is 10.6. The summed E-state index contributed by atoms with van der Waals surface area (Å²) in [7, 11) is 1.63. The van der Waals surface area contributed by atoms with Crippen LogP contribution in [0.5, 0.6) is 11.5 Å². The second-order valence-electron chi connectivity index (χ2n) is 5.37. The molecule has 2 aromatic rings. The van der Waals surface area contributed by atoms with Crippen molar-refractivity contribution in [2.24, 2.45) is 0 Å². The summed E-state index contributed by atoms with van der Waals surface area (Å²) in [4.78, 5) is 0. The molecule has 2 atom stereocenters. The van der Waals surface area contributed by atoms with Gasteiger partial charge in [-0.1, -0.05) is 36.4 Å². The molecule has 0 bridgehead atoms. The molecular formula is C18H20O3. The summed E-state index contributed by atoms with van der Waals surface area (Å²) >= 11 is 0. The van der Waals surface area contributed by atoms with E-state index in [1.54, 1.807) is 7.11 Å². The molecule has 1 N–H and O–H groups in total. The zero-order valence-corrected chi connectivity index (χ0v) is 12.2. The van der Waals surface area contributed by atoms with E-state index in [0.717, 1.165) is 23.5 Å². The first-order valence-electron chi connectivity index (χ1n) is 7.32. The maximum absolute atomic E-state index is 10.6. The van der Waals surface area contributed by atoms with E-state index in [1.807, 2.05) is 42.5 Å². The number of aliphatic hydroxyl groups is 1. The van der Waals surface area contributed by atoms with Gasteiger partial charge in [-0.25, -0.2) is 0 Å². The predicted molar refractivity (Wildman–Crippen MR) is 81.9 cm³/mol. The van der Waals surface area contributed by atoms with Gasteiger partial charge in [0.2, 0.25) is 0 Å². The number of rotatable bonds is 4. The smallest absolute Gasteiger partial charge is 0.124 e. The van der Waals surface area contributed by atoms with Crippen molar-refractivity contribution < 1.29 is 14.6 Å². The van der Waals surface area contributed by atoms with Crippen LogP contribution in [-0.4, -0.2) is 18.8 Å². The van der Waals surface area contributed by atoms with Crippen molar-refractivity contribution in [1.29, 1.82) is 0 Å². The van der Waals surface area contributed by atoms with Crippen LogP contribution in [0.15, 0.2) is 48.5 Å². The second-order valence-corrected chi connectivity index (χ2v) is 5.37. The highest BCUT2D eigenvalue weighted by atomic mass is 16.5. The van der Waals surface area contributed by atoms with E-state index in [1.165, 1.54) is 5.56 Å². The Morgan fingerprint density at radius 3 is 2.81 bits per heavy atom. The summed E-state index contributed by atoms with van der Waals surface area (Å²) in [6, 6.07) is 15.8. The van der Waals surface area contributed by atoms with Crippen molar-refractivity contribution in [3.8, 4) is 11.5 Å². The van der Waals surface area contributed by atoms with Crippen LogP contribution in [0.25, 0.3) is 0 Å². The first-order valence-corrected chi connectivity index (χ1v) is 7.32. The number of para-hydroxylation sites is 2. The molecule has 1 heterocycles. The largest absolute Gasteiger partial charge is 0.496 e. The molecule has 3 nitrogen and oxygen atoms in total. The van der Waals surface area contributed by atoms with Gasteiger partial charge in [0.15, 0.2) is 0 Å². The Kier molecular flexibility index (Phi) is 4.11. The van der Waals surface area contributed by atoms with Crippen molar-refractivity contribution in [2.45, 2.75) is 24.9 Å². The van der Waals surface area contributed by atoms with E-state index in [0.29, 0.717) is 18.9 Å². The lowest BCUT2D eigenvalue weighted by Gasteiger charge is -2.28. The minimum atomic E-state index is -0.530. The lowest BCUT2D eigenvalue weighted by molar-refractivity contribution is 0.142. The molecule has 0 aliphatic carbocycles. The quantitative estimate of drug-likeness (QED) is 0.930. The Bertz CT molecular complexity index is 609. The normalized spacial score (nSPS) is 18.5. The molecule has 1 aliphatic heterocycles. The first kappa shape index (κ1) is 14.0. The molecule has 110 valence electrons. The average Bonchev–Trinajstić information content (AvgIpc) is 2.55. The van der Waals surface area contributed by atoms with E-state index in [2.05, 4.69) is 6.07 Å². The lowest BCUT2D eigenvalue weighted by Crippen LogP contribution is -2.16. The van der Waals surface area contributed by atoms with E-state index in [4.69, 9.17) is 9.47 Å². The summed E-state index contributed by atoms with van der Waals surface area (Å²) in [6.45, 7) is 0.709. The molecule has 0 saturated carbocycles. The molecule has 0 radical (unpaired) electrons. The third kappa shape index (κ3) is 2.88. The van der Waals surface area contributed by atoms with Crippen LogP contribution in [0, 0.1) is 0 Å². The highest BCUT2D eigenvalue weighted by molar-refractivity contribution is 5.39. The Balaban J connectivity index is 1.81. The van der Waals surface area contributed by atoms with Gasteiger partial charge in [-0.3, -0.25) is 0 Å². The van der Waals surface area contributed by atoms with Crippen LogP contribution in [0.4, 0.5) is 0 Å². The highest BCUT2D eigenvalue weighted by Gasteiger charge is 2.25. The number of ether oxygens (including phenoxy) is 2. The maximum Gasteiger partial charge on any atom is 0.124 e. The van der Waals surface area contributed by atoms with Gasteiger partial charge >= 0.3 is 0 Å². The fourth-order valence-corrected chi connectivity index (χ4v) is 3.00. The Hall–Kier alpha value is -2.00. The third-order valence-electron chi connectivity index (χ3n) is 4.09. The van der Waals surface area contributed by atoms with Crippen LogP contribution in [0.1, 0.15) is 36.0 Å². The van der Waals surface area contributed by atoms with Crippen LogP contribution < -0.4 is 9.47 Å². The predicted octanol–water partition coefficient (Wildman–Crippen LogP) is 3.69. The maximum atomic E-state index is 10.6. The van der Waals surface area contributed by atoms with Crippen molar-refractivity contribution in [1.82, 2.24) is 0 Å². The molecule has 0 aromatic heterocycles. The van der Waals surface area contributed by atoms with Crippen molar-refractivity contribution >= 4 is 0 Å². The zero-order chi connectivity index (χ0) is 14.7. The van der Waals surface area contributed by atoms with Gasteiger partial charge in [-0.2, -0.15) is 0 Å². The molecular weight excluding hydrogens is 264 g/mol. The standard InChI is InChI=1S/C18H20O3/c1-20-17-8-4-3-7-15(17)16(19)12-13-10-11-21-18-9-5-2-6-14(13)18/h2-9,13,16,19H,10-12H2,1H3. The number of fused-ring (bicyclic) bond motifs is 1. The third-order valence-corrected chi connectivity index (χ3v) is 4.09. The molecule has 21 heavy (non-hydrogen) atoms. The molecule has 0 saturated heterocycles. The summed E-state index contributed by atoms with van der Waals surface area (Å²) in [5.74, 6) is 2.00. The molecule has 0 fully saturated rings. The Morgan fingerprint density at radius 1 is 1.19 bits per heavy atom. The van der Waals surface area contributed by atoms with E-state index in [9.17, 15) is 5.11 Å². The van der Waals surface area contributed by atoms with Gasteiger partial charge in [-0.15, -0.1) is 0 Å². The van der Waals surface area contributed by atoms with Crippen molar-refractivity contribution in [2.75, 3.05) is 13.7 Å². The van der Waals surface area contributed by atoms with Crippen LogP contribution in [0.2, 0.25) is 0 Å². The molecule has 3 rings (SSSR count). The summed E-state index contributed by atoms with van der Waals surface area (Å²) < 4.78 is 11.0. The zero-order valence-electron chi connectivity index (χ0n) is 12.2. The van der Waals surface area contributed by atoms with Gasteiger partial charge < -0.3 is 14.6 Å². The number of methoxy groups -OCH3 is 1. The average molecular weight is 284 g/mol. The molecule has 2 unspecified atom stereocenters. The Labute approximate surface area is 125 Å². The van der Waals surface area contributed by atoms with E-state index >= 15 is 0 Å². The molecule has 2 aromatic carbocycles. The van der Waals surface area contributed by atoms with Crippen LogP contribution in [0.3, 0.4) is 0 Å². The summed E-state index contributed by atoms with van der Waals surface area (Å²) in [5.41, 5.74) is 2.04. The fraction of sp³-hybridized carbons (Fsp3) is 0.333. The summed E-state index contributed by atoms with van der Waals surface area (Å²) in [6.07, 6.45) is 1.08. The second kappa shape index (κ2) is 6.19. The van der Waals surface area contributed by atoms with Crippen molar-refractivity contribution in [3.05, 3.63) is 59.7 Å². The number of aliphatic hydroxyl groups excluding tert-OH is 1. The van der Waals surface area contributed by atoms with Crippen LogP contribution >= 0.6 is 0 Å². The van der Waals surface area contributed by atoms with E-state index < -0.39 is 6.10 Å². The number of benzene rings is 2.